The molecule has 3 heteroatoms. The molecule has 1 fully saturated rings. The molecule has 16 heavy (non-hydrogen) atoms. The summed E-state index contributed by atoms with van der Waals surface area (Å²) in [5.41, 5.74) is 1.36. The van der Waals surface area contributed by atoms with Crippen LogP contribution in [0.1, 0.15) is 24.9 Å². The average Bonchev–Trinajstić information content (AvgIpc) is 2.80. The third-order valence-electron chi connectivity index (χ3n) is 3.11. The SMILES string of the molecule is CC(NCC1CCOC1)c1ccc(I)cc1. The summed E-state index contributed by atoms with van der Waals surface area (Å²) < 4.78 is 6.66. The molecule has 0 amide bonds. The Labute approximate surface area is 111 Å². The van der Waals surface area contributed by atoms with Crippen LogP contribution in [0.2, 0.25) is 0 Å². The van der Waals surface area contributed by atoms with Crippen LogP contribution in [-0.2, 0) is 4.74 Å². The van der Waals surface area contributed by atoms with Crippen LogP contribution < -0.4 is 5.32 Å². The molecule has 2 atom stereocenters. The third kappa shape index (κ3) is 3.43. The van der Waals surface area contributed by atoms with Crippen LogP contribution in [0.5, 0.6) is 0 Å². The van der Waals surface area contributed by atoms with Crippen molar-refractivity contribution in [2.75, 3.05) is 19.8 Å². The van der Waals surface area contributed by atoms with Gasteiger partial charge in [0.1, 0.15) is 0 Å². The average molecular weight is 331 g/mol. The molecule has 0 saturated carbocycles. The lowest BCUT2D eigenvalue weighted by atomic mass is 10.1. The van der Waals surface area contributed by atoms with Gasteiger partial charge in [-0.05, 0) is 59.5 Å². The van der Waals surface area contributed by atoms with Crippen molar-refractivity contribution < 1.29 is 4.74 Å². The Kier molecular flexibility index (Phi) is 4.61. The van der Waals surface area contributed by atoms with Crippen LogP contribution in [0, 0.1) is 9.49 Å². The van der Waals surface area contributed by atoms with E-state index in [9.17, 15) is 0 Å². The molecule has 0 spiro atoms. The van der Waals surface area contributed by atoms with Gasteiger partial charge in [0.15, 0.2) is 0 Å². The minimum absolute atomic E-state index is 0.428. The molecule has 1 aromatic carbocycles. The maximum absolute atomic E-state index is 5.37. The molecule has 0 bridgehead atoms. The Morgan fingerprint density at radius 1 is 1.44 bits per heavy atom. The predicted octanol–water partition coefficient (Wildman–Crippen LogP) is 2.98. The lowest BCUT2D eigenvalue weighted by molar-refractivity contribution is 0.184. The van der Waals surface area contributed by atoms with Gasteiger partial charge in [-0.1, -0.05) is 12.1 Å². The first-order chi connectivity index (χ1) is 7.75. The van der Waals surface area contributed by atoms with E-state index in [2.05, 4.69) is 59.1 Å². The van der Waals surface area contributed by atoms with E-state index in [0.717, 1.165) is 19.8 Å². The summed E-state index contributed by atoms with van der Waals surface area (Å²) in [5.74, 6) is 0.700. The highest BCUT2D eigenvalue weighted by Gasteiger charge is 2.16. The second-order valence-electron chi connectivity index (χ2n) is 4.41. The zero-order valence-corrected chi connectivity index (χ0v) is 11.7. The lowest BCUT2D eigenvalue weighted by Crippen LogP contribution is -2.25. The lowest BCUT2D eigenvalue weighted by Gasteiger charge is -2.16. The van der Waals surface area contributed by atoms with Gasteiger partial charge in [-0.3, -0.25) is 0 Å². The van der Waals surface area contributed by atoms with E-state index in [4.69, 9.17) is 4.74 Å². The number of hydrogen-bond donors (Lipinski definition) is 1. The molecule has 2 rings (SSSR count). The summed E-state index contributed by atoms with van der Waals surface area (Å²) in [6.07, 6.45) is 1.20. The molecular formula is C13H18INO. The maximum atomic E-state index is 5.37. The van der Waals surface area contributed by atoms with Crippen molar-refractivity contribution in [3.05, 3.63) is 33.4 Å². The Bertz CT molecular complexity index is 319. The molecule has 2 unspecified atom stereocenters. The number of hydrogen-bond acceptors (Lipinski definition) is 2. The summed E-state index contributed by atoms with van der Waals surface area (Å²) in [6, 6.07) is 9.15. The summed E-state index contributed by atoms with van der Waals surface area (Å²) in [6.45, 7) is 5.14. The Morgan fingerprint density at radius 3 is 2.81 bits per heavy atom. The van der Waals surface area contributed by atoms with Crippen LogP contribution >= 0.6 is 22.6 Å². The normalized spacial score (nSPS) is 22.2. The van der Waals surface area contributed by atoms with Gasteiger partial charge in [-0.2, -0.15) is 0 Å². The van der Waals surface area contributed by atoms with Crippen molar-refractivity contribution in [3.8, 4) is 0 Å². The smallest absolute Gasteiger partial charge is 0.0507 e. The minimum Gasteiger partial charge on any atom is -0.381 e. The Morgan fingerprint density at radius 2 is 2.19 bits per heavy atom. The van der Waals surface area contributed by atoms with Crippen molar-refractivity contribution in [1.29, 1.82) is 0 Å². The highest BCUT2D eigenvalue weighted by atomic mass is 127. The van der Waals surface area contributed by atoms with Crippen LogP contribution in [0.15, 0.2) is 24.3 Å². The van der Waals surface area contributed by atoms with Crippen molar-refractivity contribution in [2.24, 2.45) is 5.92 Å². The Balaban J connectivity index is 1.82. The summed E-state index contributed by atoms with van der Waals surface area (Å²) in [7, 11) is 0. The minimum atomic E-state index is 0.428. The van der Waals surface area contributed by atoms with Crippen molar-refractivity contribution in [1.82, 2.24) is 5.32 Å². The maximum Gasteiger partial charge on any atom is 0.0507 e. The molecule has 1 N–H and O–H groups in total. The summed E-state index contributed by atoms with van der Waals surface area (Å²) in [4.78, 5) is 0. The fourth-order valence-electron chi connectivity index (χ4n) is 1.96. The first kappa shape index (κ1) is 12.3. The predicted molar refractivity (Wildman–Crippen MR) is 74.5 cm³/mol. The topological polar surface area (TPSA) is 21.3 Å². The van der Waals surface area contributed by atoms with Crippen LogP contribution in [0.3, 0.4) is 0 Å². The number of ether oxygens (including phenoxy) is 1. The first-order valence-electron chi connectivity index (χ1n) is 5.82. The Hall–Kier alpha value is -0.130. The second-order valence-corrected chi connectivity index (χ2v) is 5.66. The number of benzene rings is 1. The van der Waals surface area contributed by atoms with Gasteiger partial charge >= 0.3 is 0 Å². The van der Waals surface area contributed by atoms with E-state index >= 15 is 0 Å². The van der Waals surface area contributed by atoms with E-state index in [1.165, 1.54) is 15.6 Å². The largest absolute Gasteiger partial charge is 0.381 e. The first-order valence-corrected chi connectivity index (χ1v) is 6.90. The highest BCUT2D eigenvalue weighted by Crippen LogP contribution is 2.16. The van der Waals surface area contributed by atoms with E-state index in [-0.39, 0.29) is 0 Å². The quantitative estimate of drug-likeness (QED) is 0.857. The second kappa shape index (κ2) is 5.98. The van der Waals surface area contributed by atoms with Crippen molar-refractivity contribution >= 4 is 22.6 Å². The van der Waals surface area contributed by atoms with Gasteiger partial charge in [0, 0.05) is 22.8 Å². The molecule has 1 saturated heterocycles. The van der Waals surface area contributed by atoms with Crippen LogP contribution in [0.25, 0.3) is 0 Å². The van der Waals surface area contributed by atoms with Crippen molar-refractivity contribution in [2.45, 2.75) is 19.4 Å². The molecule has 1 aromatic rings. The van der Waals surface area contributed by atoms with Crippen LogP contribution in [-0.4, -0.2) is 19.8 Å². The molecule has 2 nitrogen and oxygen atoms in total. The molecule has 88 valence electrons. The van der Waals surface area contributed by atoms with Gasteiger partial charge < -0.3 is 10.1 Å². The summed E-state index contributed by atoms with van der Waals surface area (Å²) >= 11 is 2.34. The van der Waals surface area contributed by atoms with E-state index in [0.29, 0.717) is 12.0 Å². The van der Waals surface area contributed by atoms with Crippen LogP contribution in [0.4, 0.5) is 0 Å². The van der Waals surface area contributed by atoms with E-state index in [1.807, 2.05) is 0 Å². The number of rotatable bonds is 4. The number of nitrogens with one attached hydrogen (secondary N) is 1. The van der Waals surface area contributed by atoms with Gasteiger partial charge in [-0.25, -0.2) is 0 Å². The standard InChI is InChI=1S/C13H18INO/c1-10(12-2-4-13(14)5-3-12)15-8-11-6-7-16-9-11/h2-5,10-11,15H,6-9H2,1H3. The molecule has 1 aliphatic rings. The van der Waals surface area contributed by atoms with Gasteiger partial charge in [0.2, 0.25) is 0 Å². The monoisotopic (exact) mass is 331 g/mol. The van der Waals surface area contributed by atoms with E-state index < -0.39 is 0 Å². The summed E-state index contributed by atoms with van der Waals surface area (Å²) in [5, 5.41) is 3.58. The highest BCUT2D eigenvalue weighted by molar-refractivity contribution is 14.1. The molecule has 1 aliphatic heterocycles. The molecular weight excluding hydrogens is 313 g/mol. The van der Waals surface area contributed by atoms with Crippen molar-refractivity contribution in [3.63, 3.8) is 0 Å². The fourth-order valence-corrected chi connectivity index (χ4v) is 2.32. The van der Waals surface area contributed by atoms with Gasteiger partial charge in [0.25, 0.3) is 0 Å². The van der Waals surface area contributed by atoms with Gasteiger partial charge in [0.05, 0.1) is 6.61 Å². The number of halogens is 1. The third-order valence-corrected chi connectivity index (χ3v) is 3.83. The zero-order valence-electron chi connectivity index (χ0n) is 9.58. The van der Waals surface area contributed by atoms with E-state index in [1.54, 1.807) is 0 Å². The molecule has 1 heterocycles. The van der Waals surface area contributed by atoms with Gasteiger partial charge in [-0.15, -0.1) is 0 Å². The molecule has 0 aromatic heterocycles. The molecule has 0 radical (unpaired) electrons. The fraction of sp³-hybridized carbons (Fsp3) is 0.538. The molecule has 0 aliphatic carbocycles. The zero-order chi connectivity index (χ0) is 11.4.